The zero-order valence-electron chi connectivity index (χ0n) is 30.4. The van der Waals surface area contributed by atoms with Crippen molar-refractivity contribution in [2.24, 2.45) is 80.8 Å². The Kier molecular flexibility index (Phi) is 8.76. The molecule has 8 fully saturated rings. The number of Topliss-reactive ketones (excluding diaryl/α,β-unsaturated/α-hetero) is 2. The first-order valence-corrected chi connectivity index (χ1v) is 20.1. The third kappa shape index (κ3) is 5.09. The van der Waals surface area contributed by atoms with Crippen molar-refractivity contribution in [3.8, 4) is 0 Å². The fourth-order valence-corrected chi connectivity index (χ4v) is 15.8. The predicted octanol–water partition coefficient (Wildman–Crippen LogP) is 9.19. The summed E-state index contributed by atoms with van der Waals surface area (Å²) < 4.78 is 0. The molecule has 4 heteroatoms. The zero-order valence-corrected chi connectivity index (χ0v) is 30.4. The smallest absolute Gasteiger partial charge is 0.133 e. The van der Waals surface area contributed by atoms with Crippen LogP contribution in [0.15, 0.2) is 0 Å². The first kappa shape index (κ1) is 33.7. The molecule has 46 heavy (non-hydrogen) atoms. The predicted molar refractivity (Wildman–Crippen MR) is 184 cm³/mol. The lowest BCUT2D eigenvalue weighted by Crippen LogP contribution is -2.54. The van der Waals surface area contributed by atoms with Gasteiger partial charge in [-0.05, 0) is 198 Å². The van der Waals surface area contributed by atoms with Gasteiger partial charge in [-0.3, -0.25) is 9.59 Å². The standard InChI is InChI=1S/2C21H34O2/c2*1-13(22)17-6-7-18-16-5-4-14-12-15(23)8-10-20(14,2)19(16)9-11-21(17,18)3/h2*14-19,23H,4-12H2,1-3H3/t14-,15+,16-,17+,18-,19-,20-,21+;14-,15-,16+,17-,18+,19+,20+,21-/m10/s1. The molecule has 0 radical (unpaired) electrons. The van der Waals surface area contributed by atoms with Crippen LogP contribution in [0.3, 0.4) is 0 Å². The quantitative estimate of drug-likeness (QED) is 0.317. The van der Waals surface area contributed by atoms with Crippen molar-refractivity contribution in [2.75, 3.05) is 0 Å². The molecule has 16 atom stereocenters. The van der Waals surface area contributed by atoms with E-state index in [4.69, 9.17) is 0 Å². The highest BCUT2D eigenvalue weighted by molar-refractivity contribution is 5.80. The SMILES string of the molecule is CC(=O)[C@@H]1CC[C@@H]2[C@H]3CC[C@@H]4C[C@@H](O)CC[C@@]4(C)[C@@H]3CC[C@]21C.CC(=O)[C@@H]1CC[C@@H]2[C@H]3CC[C@H]4C[C@@H](O)CC[C@@]4(C)[C@@H]3CC[C@]21C. The monoisotopic (exact) mass is 637 g/mol. The van der Waals surface area contributed by atoms with Gasteiger partial charge in [0.05, 0.1) is 12.2 Å². The van der Waals surface area contributed by atoms with Gasteiger partial charge in [0.25, 0.3) is 0 Å². The molecule has 0 bridgehead atoms. The van der Waals surface area contributed by atoms with Gasteiger partial charge in [0.2, 0.25) is 0 Å². The van der Waals surface area contributed by atoms with E-state index in [0.29, 0.717) is 34.2 Å². The van der Waals surface area contributed by atoms with E-state index in [1.54, 1.807) is 0 Å². The molecule has 0 amide bonds. The minimum Gasteiger partial charge on any atom is -0.393 e. The largest absolute Gasteiger partial charge is 0.393 e. The molecular formula is C42H68O4. The van der Waals surface area contributed by atoms with Crippen LogP contribution in [0.25, 0.3) is 0 Å². The molecule has 260 valence electrons. The molecule has 0 aromatic heterocycles. The van der Waals surface area contributed by atoms with Crippen molar-refractivity contribution in [3.63, 3.8) is 0 Å². The molecule has 0 heterocycles. The Bertz CT molecular complexity index is 1090. The van der Waals surface area contributed by atoms with Gasteiger partial charge in [-0.1, -0.05) is 27.7 Å². The normalized spacial score (nSPS) is 55.7. The minimum absolute atomic E-state index is 0.0490. The van der Waals surface area contributed by atoms with Crippen molar-refractivity contribution in [1.82, 2.24) is 0 Å². The minimum atomic E-state index is -0.0490. The zero-order chi connectivity index (χ0) is 32.8. The Hall–Kier alpha value is -0.740. The summed E-state index contributed by atoms with van der Waals surface area (Å²) in [6.45, 7) is 13.6. The van der Waals surface area contributed by atoms with Crippen LogP contribution in [0.4, 0.5) is 0 Å². The van der Waals surface area contributed by atoms with E-state index in [2.05, 4.69) is 27.7 Å². The third-order valence-corrected chi connectivity index (χ3v) is 18.3. The van der Waals surface area contributed by atoms with Crippen LogP contribution in [0, 0.1) is 80.8 Å². The van der Waals surface area contributed by atoms with E-state index in [9.17, 15) is 19.8 Å². The van der Waals surface area contributed by atoms with Gasteiger partial charge in [-0.2, -0.15) is 0 Å². The summed E-state index contributed by atoms with van der Waals surface area (Å²) in [5.74, 6) is 7.94. The van der Waals surface area contributed by atoms with Crippen LogP contribution in [0.5, 0.6) is 0 Å². The lowest BCUT2D eigenvalue weighted by Gasteiger charge is -2.60. The molecule has 0 spiro atoms. The Morgan fingerprint density at radius 1 is 0.457 bits per heavy atom. The van der Waals surface area contributed by atoms with Crippen LogP contribution in [0.2, 0.25) is 0 Å². The van der Waals surface area contributed by atoms with Gasteiger partial charge in [0.1, 0.15) is 11.6 Å². The summed E-state index contributed by atoms with van der Waals surface area (Å²) in [5, 5.41) is 20.2. The van der Waals surface area contributed by atoms with Gasteiger partial charge >= 0.3 is 0 Å². The lowest BCUT2D eigenvalue weighted by atomic mass is 9.44. The number of rotatable bonds is 2. The first-order chi connectivity index (χ1) is 21.7. The number of hydrogen-bond donors (Lipinski definition) is 2. The maximum absolute atomic E-state index is 12.2. The molecule has 8 rings (SSSR count). The second kappa shape index (κ2) is 11.9. The molecule has 2 N–H and O–H groups in total. The maximum atomic E-state index is 12.2. The molecule has 0 aromatic rings. The molecule has 8 saturated carbocycles. The molecule has 0 saturated heterocycles. The Morgan fingerprint density at radius 3 is 1.17 bits per heavy atom. The van der Waals surface area contributed by atoms with Crippen molar-refractivity contribution in [2.45, 2.75) is 169 Å². The Balaban J connectivity index is 0.000000147. The summed E-state index contributed by atoms with van der Waals surface area (Å²) >= 11 is 0. The van der Waals surface area contributed by atoms with Crippen molar-refractivity contribution in [3.05, 3.63) is 0 Å². The Labute approximate surface area is 281 Å². The summed E-state index contributed by atoms with van der Waals surface area (Å²) in [7, 11) is 0. The van der Waals surface area contributed by atoms with E-state index in [0.717, 1.165) is 85.9 Å². The van der Waals surface area contributed by atoms with Crippen LogP contribution < -0.4 is 0 Å². The van der Waals surface area contributed by atoms with Gasteiger partial charge in [-0.25, -0.2) is 0 Å². The van der Waals surface area contributed by atoms with Crippen LogP contribution in [-0.4, -0.2) is 34.0 Å². The van der Waals surface area contributed by atoms with Crippen molar-refractivity contribution >= 4 is 11.6 Å². The Morgan fingerprint density at radius 2 is 0.804 bits per heavy atom. The van der Waals surface area contributed by atoms with Gasteiger partial charge < -0.3 is 10.2 Å². The second-order valence-electron chi connectivity index (χ2n) is 19.7. The van der Waals surface area contributed by atoms with Crippen LogP contribution in [-0.2, 0) is 9.59 Å². The number of fused-ring (bicyclic) bond motifs is 10. The number of aliphatic hydroxyl groups excluding tert-OH is 2. The summed E-state index contributed by atoms with van der Waals surface area (Å²) in [5.41, 5.74) is 1.48. The highest BCUT2D eigenvalue weighted by atomic mass is 16.3. The highest BCUT2D eigenvalue weighted by Crippen LogP contribution is 2.69. The van der Waals surface area contributed by atoms with E-state index in [1.165, 1.54) is 77.0 Å². The fourth-order valence-electron chi connectivity index (χ4n) is 15.8. The number of aliphatic hydroxyl groups is 2. The van der Waals surface area contributed by atoms with E-state index in [1.807, 2.05) is 13.8 Å². The lowest BCUT2D eigenvalue weighted by molar-refractivity contribution is -0.138. The van der Waals surface area contributed by atoms with E-state index in [-0.39, 0.29) is 23.0 Å². The van der Waals surface area contributed by atoms with Gasteiger partial charge in [0.15, 0.2) is 0 Å². The average molecular weight is 637 g/mol. The second-order valence-corrected chi connectivity index (χ2v) is 19.7. The molecule has 8 aliphatic carbocycles. The number of carbonyl (C=O) groups excluding carboxylic acids is 2. The van der Waals surface area contributed by atoms with Crippen molar-refractivity contribution in [1.29, 1.82) is 0 Å². The van der Waals surface area contributed by atoms with E-state index < -0.39 is 0 Å². The number of hydrogen-bond acceptors (Lipinski definition) is 4. The summed E-state index contributed by atoms with van der Waals surface area (Å²) in [6.07, 6.45) is 21.8. The maximum Gasteiger partial charge on any atom is 0.133 e. The molecule has 0 unspecified atom stereocenters. The van der Waals surface area contributed by atoms with Crippen molar-refractivity contribution < 1.29 is 19.8 Å². The number of carbonyl (C=O) groups is 2. The summed E-state index contributed by atoms with van der Waals surface area (Å²) in [6, 6.07) is 0. The van der Waals surface area contributed by atoms with Crippen LogP contribution >= 0.6 is 0 Å². The fraction of sp³-hybridized carbons (Fsp3) is 0.952. The first-order valence-electron chi connectivity index (χ1n) is 20.1. The molecule has 0 aliphatic heterocycles. The molecule has 8 aliphatic rings. The number of ketones is 2. The van der Waals surface area contributed by atoms with Gasteiger partial charge in [-0.15, -0.1) is 0 Å². The topological polar surface area (TPSA) is 74.6 Å². The third-order valence-electron chi connectivity index (χ3n) is 18.3. The molecule has 4 nitrogen and oxygen atoms in total. The molecule has 0 aromatic carbocycles. The van der Waals surface area contributed by atoms with Crippen LogP contribution in [0.1, 0.15) is 157 Å². The summed E-state index contributed by atoms with van der Waals surface area (Å²) in [4.78, 5) is 24.3. The van der Waals surface area contributed by atoms with Gasteiger partial charge in [0, 0.05) is 11.8 Å². The van der Waals surface area contributed by atoms with E-state index >= 15 is 0 Å². The molecular weight excluding hydrogens is 568 g/mol. The highest BCUT2D eigenvalue weighted by Gasteiger charge is 2.62. The average Bonchev–Trinajstić information content (AvgIpc) is 3.55.